The molecule has 5 nitrogen and oxygen atoms in total. The van der Waals surface area contributed by atoms with Crippen molar-refractivity contribution >= 4 is 5.84 Å². The summed E-state index contributed by atoms with van der Waals surface area (Å²) in [6, 6.07) is 0.371. The molecule has 0 aromatic carbocycles. The van der Waals surface area contributed by atoms with Gasteiger partial charge in [0.1, 0.15) is 0 Å². The van der Waals surface area contributed by atoms with Gasteiger partial charge >= 0.3 is 0 Å². The first kappa shape index (κ1) is 15.2. The second-order valence-electron chi connectivity index (χ2n) is 3.90. The topological polar surface area (TPSA) is 71.1 Å². The summed E-state index contributed by atoms with van der Waals surface area (Å²) in [7, 11) is 1.68. The lowest BCUT2D eigenvalue weighted by Crippen LogP contribution is -2.49. The number of hydrogen-bond donors (Lipinski definition) is 2. The minimum atomic E-state index is -0.0648. The molecule has 1 unspecified atom stereocenters. The first-order valence-corrected chi connectivity index (χ1v) is 5.84. The minimum absolute atomic E-state index is 0.0648. The number of methoxy groups -OCH3 is 1. The van der Waals surface area contributed by atoms with E-state index >= 15 is 0 Å². The molecule has 5 heteroatoms. The molecule has 1 atom stereocenters. The molecule has 0 bridgehead atoms. The average molecular weight is 231 g/mol. The van der Waals surface area contributed by atoms with Gasteiger partial charge in [-0.2, -0.15) is 0 Å². The van der Waals surface area contributed by atoms with Crippen LogP contribution in [-0.4, -0.2) is 48.3 Å². The highest BCUT2D eigenvalue weighted by Crippen LogP contribution is 2.12. The Labute approximate surface area is 98.2 Å². The van der Waals surface area contributed by atoms with Crippen molar-refractivity contribution in [2.24, 2.45) is 10.9 Å². The van der Waals surface area contributed by atoms with Crippen molar-refractivity contribution in [1.29, 1.82) is 0 Å². The van der Waals surface area contributed by atoms with Crippen LogP contribution in [0.5, 0.6) is 0 Å². The van der Waals surface area contributed by atoms with Gasteiger partial charge in [-0.1, -0.05) is 19.0 Å². The molecule has 0 fully saturated rings. The lowest BCUT2D eigenvalue weighted by Gasteiger charge is -2.34. The van der Waals surface area contributed by atoms with Crippen LogP contribution in [-0.2, 0) is 4.74 Å². The standard InChI is InChI=1S/C11H25N3O2/c1-5-10(6-2)14(7-8-16-4)9(3)11(12)13-15/h9-10,15H,5-8H2,1-4H3,(H2,12,13). The largest absolute Gasteiger partial charge is 0.409 e. The Hall–Kier alpha value is -0.810. The molecule has 0 saturated carbocycles. The SMILES string of the molecule is CCC(CC)N(CCOC)C(C)C(N)=NO. The van der Waals surface area contributed by atoms with E-state index in [1.54, 1.807) is 7.11 Å². The zero-order chi connectivity index (χ0) is 12.6. The smallest absolute Gasteiger partial charge is 0.156 e. The number of rotatable bonds is 8. The fraction of sp³-hybridized carbons (Fsp3) is 0.909. The molecular weight excluding hydrogens is 206 g/mol. The molecule has 0 aliphatic rings. The van der Waals surface area contributed by atoms with Gasteiger partial charge in [0.25, 0.3) is 0 Å². The summed E-state index contributed by atoms with van der Waals surface area (Å²) < 4.78 is 5.09. The third-order valence-corrected chi connectivity index (χ3v) is 3.01. The summed E-state index contributed by atoms with van der Waals surface area (Å²) in [5.74, 6) is 0.253. The summed E-state index contributed by atoms with van der Waals surface area (Å²) in [5.41, 5.74) is 5.65. The molecule has 0 radical (unpaired) electrons. The molecule has 16 heavy (non-hydrogen) atoms. The lowest BCUT2D eigenvalue weighted by molar-refractivity contribution is 0.104. The molecule has 3 N–H and O–H groups in total. The number of amidine groups is 1. The van der Waals surface area contributed by atoms with E-state index in [0.717, 1.165) is 19.4 Å². The van der Waals surface area contributed by atoms with Gasteiger partial charge in [-0.3, -0.25) is 4.90 Å². The van der Waals surface area contributed by atoms with Crippen LogP contribution in [0, 0.1) is 0 Å². The predicted octanol–water partition coefficient (Wildman–Crippen LogP) is 1.26. The Bertz CT molecular complexity index is 205. The van der Waals surface area contributed by atoms with Crippen LogP contribution >= 0.6 is 0 Å². The second kappa shape index (κ2) is 8.35. The number of nitrogens with two attached hydrogens (primary N) is 1. The fourth-order valence-corrected chi connectivity index (χ4v) is 1.90. The van der Waals surface area contributed by atoms with Crippen molar-refractivity contribution < 1.29 is 9.94 Å². The van der Waals surface area contributed by atoms with Crippen LogP contribution in [0.25, 0.3) is 0 Å². The molecule has 0 aliphatic heterocycles. The Kier molecular flexibility index (Phi) is 7.93. The molecule has 0 aromatic rings. The maximum atomic E-state index is 8.71. The number of ether oxygens (including phenoxy) is 1. The first-order chi connectivity index (χ1) is 7.62. The van der Waals surface area contributed by atoms with E-state index in [9.17, 15) is 0 Å². The Morgan fingerprint density at radius 2 is 2.00 bits per heavy atom. The lowest BCUT2D eigenvalue weighted by atomic mass is 10.1. The predicted molar refractivity (Wildman–Crippen MR) is 65.8 cm³/mol. The maximum Gasteiger partial charge on any atom is 0.156 e. The van der Waals surface area contributed by atoms with Crippen LogP contribution in [0.3, 0.4) is 0 Å². The molecular formula is C11H25N3O2. The van der Waals surface area contributed by atoms with E-state index in [1.165, 1.54) is 0 Å². The van der Waals surface area contributed by atoms with Crippen molar-refractivity contribution in [3.8, 4) is 0 Å². The van der Waals surface area contributed by atoms with Crippen molar-refractivity contribution in [3.63, 3.8) is 0 Å². The van der Waals surface area contributed by atoms with Gasteiger partial charge in [-0.05, 0) is 19.8 Å². The van der Waals surface area contributed by atoms with Crippen LogP contribution in [0.4, 0.5) is 0 Å². The van der Waals surface area contributed by atoms with E-state index in [-0.39, 0.29) is 11.9 Å². The summed E-state index contributed by atoms with van der Waals surface area (Å²) in [6.45, 7) is 7.68. The third kappa shape index (κ3) is 4.37. The zero-order valence-corrected chi connectivity index (χ0v) is 10.8. The van der Waals surface area contributed by atoms with E-state index in [1.807, 2.05) is 6.92 Å². The van der Waals surface area contributed by atoms with Crippen molar-refractivity contribution in [2.75, 3.05) is 20.3 Å². The van der Waals surface area contributed by atoms with Gasteiger partial charge in [0.05, 0.1) is 12.6 Å². The molecule has 0 saturated heterocycles. The molecule has 0 rings (SSSR count). The highest BCUT2D eigenvalue weighted by Gasteiger charge is 2.23. The van der Waals surface area contributed by atoms with Crippen LogP contribution in [0.2, 0.25) is 0 Å². The van der Waals surface area contributed by atoms with Gasteiger partial charge < -0.3 is 15.7 Å². The van der Waals surface area contributed by atoms with E-state index in [0.29, 0.717) is 12.6 Å². The molecule has 0 heterocycles. The van der Waals surface area contributed by atoms with Crippen LogP contribution < -0.4 is 5.73 Å². The van der Waals surface area contributed by atoms with Gasteiger partial charge in [0.2, 0.25) is 0 Å². The van der Waals surface area contributed by atoms with Crippen LogP contribution in [0.1, 0.15) is 33.6 Å². The Morgan fingerprint density at radius 1 is 1.44 bits per heavy atom. The summed E-state index contributed by atoms with van der Waals surface area (Å²) >= 11 is 0. The summed E-state index contributed by atoms with van der Waals surface area (Å²) in [6.07, 6.45) is 2.09. The Balaban J connectivity index is 4.63. The number of oxime groups is 1. The highest BCUT2D eigenvalue weighted by atomic mass is 16.5. The minimum Gasteiger partial charge on any atom is -0.409 e. The molecule has 96 valence electrons. The number of nitrogens with zero attached hydrogens (tertiary/aromatic N) is 2. The maximum absolute atomic E-state index is 8.71. The molecule has 0 spiro atoms. The second-order valence-corrected chi connectivity index (χ2v) is 3.90. The third-order valence-electron chi connectivity index (χ3n) is 3.01. The van der Waals surface area contributed by atoms with Gasteiger partial charge in [-0.15, -0.1) is 0 Å². The van der Waals surface area contributed by atoms with Gasteiger partial charge in [0.15, 0.2) is 5.84 Å². The summed E-state index contributed by atoms with van der Waals surface area (Å²) in [4.78, 5) is 2.22. The van der Waals surface area contributed by atoms with Gasteiger partial charge in [0, 0.05) is 19.7 Å². The first-order valence-electron chi connectivity index (χ1n) is 5.84. The monoisotopic (exact) mass is 231 g/mol. The Morgan fingerprint density at radius 3 is 2.38 bits per heavy atom. The van der Waals surface area contributed by atoms with Crippen LogP contribution in [0.15, 0.2) is 5.16 Å². The van der Waals surface area contributed by atoms with Crippen molar-refractivity contribution in [1.82, 2.24) is 4.90 Å². The van der Waals surface area contributed by atoms with E-state index < -0.39 is 0 Å². The highest BCUT2D eigenvalue weighted by molar-refractivity contribution is 5.84. The fourth-order valence-electron chi connectivity index (χ4n) is 1.90. The van der Waals surface area contributed by atoms with Gasteiger partial charge in [-0.25, -0.2) is 0 Å². The number of hydrogen-bond acceptors (Lipinski definition) is 4. The normalized spacial score (nSPS) is 14.8. The molecule has 0 aromatic heterocycles. The van der Waals surface area contributed by atoms with Crippen molar-refractivity contribution in [2.45, 2.75) is 45.7 Å². The van der Waals surface area contributed by atoms with E-state index in [4.69, 9.17) is 15.7 Å². The average Bonchev–Trinajstić information content (AvgIpc) is 2.32. The quantitative estimate of drug-likeness (QED) is 0.285. The van der Waals surface area contributed by atoms with Crippen molar-refractivity contribution in [3.05, 3.63) is 0 Å². The molecule has 0 aliphatic carbocycles. The summed E-state index contributed by atoms with van der Waals surface area (Å²) in [5, 5.41) is 11.8. The zero-order valence-electron chi connectivity index (χ0n) is 10.8. The van der Waals surface area contributed by atoms with E-state index in [2.05, 4.69) is 23.9 Å². The molecule has 0 amide bonds.